The standard InChI is InChI=1S/C34H70O.Na.H/c1-3-5-7-9-11-13-15-17-19-20-22-24-26-28-30-32-34-35-33-31-29-27-25-23-21-18-16-14-12-10-8-6-4-2;;/h3-34H2,1-2H3;;/q;+1;-1. The number of unbranched alkanes of at least 4 members (excludes halogenated alkanes) is 28. The first kappa shape index (κ1) is 39.1. The van der Waals surface area contributed by atoms with Crippen molar-refractivity contribution in [1.29, 1.82) is 0 Å². The van der Waals surface area contributed by atoms with E-state index in [9.17, 15) is 0 Å². The van der Waals surface area contributed by atoms with E-state index in [2.05, 4.69) is 13.8 Å². The van der Waals surface area contributed by atoms with E-state index in [1.54, 1.807) is 0 Å². The van der Waals surface area contributed by atoms with Gasteiger partial charge in [0.25, 0.3) is 0 Å². The molecule has 0 atom stereocenters. The van der Waals surface area contributed by atoms with Crippen LogP contribution < -0.4 is 29.6 Å². The molecule has 2 heteroatoms. The van der Waals surface area contributed by atoms with Gasteiger partial charge in [0.15, 0.2) is 0 Å². The molecule has 0 radical (unpaired) electrons. The fourth-order valence-corrected chi connectivity index (χ4v) is 5.25. The Balaban J connectivity index is -0.00000578. The Hall–Kier alpha value is 0.960. The molecule has 0 aromatic heterocycles. The van der Waals surface area contributed by atoms with E-state index in [-0.39, 0.29) is 31.0 Å². The van der Waals surface area contributed by atoms with E-state index in [0.29, 0.717) is 0 Å². The predicted molar refractivity (Wildman–Crippen MR) is 162 cm³/mol. The molecule has 0 fully saturated rings. The van der Waals surface area contributed by atoms with Gasteiger partial charge >= 0.3 is 29.6 Å². The minimum atomic E-state index is 0. The van der Waals surface area contributed by atoms with Crippen LogP contribution in [0.2, 0.25) is 0 Å². The molecule has 214 valence electrons. The maximum atomic E-state index is 5.86. The average Bonchev–Trinajstić information content (AvgIpc) is 2.87. The van der Waals surface area contributed by atoms with Crippen molar-refractivity contribution in [2.45, 2.75) is 206 Å². The Kier molecular flexibility index (Phi) is 41.4. The van der Waals surface area contributed by atoms with Gasteiger partial charge in [0, 0.05) is 13.2 Å². The normalized spacial score (nSPS) is 11.2. The maximum Gasteiger partial charge on any atom is 1.00 e. The smallest absolute Gasteiger partial charge is 1.00 e. The zero-order chi connectivity index (χ0) is 25.3. The van der Waals surface area contributed by atoms with Crippen LogP contribution in [0.25, 0.3) is 0 Å². The van der Waals surface area contributed by atoms with Crippen molar-refractivity contribution in [3.05, 3.63) is 0 Å². The third kappa shape index (κ3) is 37.1. The second kappa shape index (κ2) is 38.1. The Morgan fingerprint density at radius 1 is 0.278 bits per heavy atom. The summed E-state index contributed by atoms with van der Waals surface area (Å²) < 4.78 is 5.86. The van der Waals surface area contributed by atoms with Crippen LogP contribution >= 0.6 is 0 Å². The molecular formula is C34H71NaO. The summed E-state index contributed by atoms with van der Waals surface area (Å²) in [6.45, 7) is 6.60. The molecule has 0 spiro atoms. The molecule has 0 aliphatic heterocycles. The molecule has 0 aromatic rings. The van der Waals surface area contributed by atoms with Crippen molar-refractivity contribution in [3.63, 3.8) is 0 Å². The zero-order valence-corrected chi connectivity index (χ0v) is 28.0. The summed E-state index contributed by atoms with van der Waals surface area (Å²) >= 11 is 0. The van der Waals surface area contributed by atoms with Crippen LogP contribution in [0.3, 0.4) is 0 Å². The summed E-state index contributed by atoms with van der Waals surface area (Å²) in [7, 11) is 0. The van der Waals surface area contributed by atoms with Crippen molar-refractivity contribution in [2.75, 3.05) is 13.2 Å². The summed E-state index contributed by atoms with van der Waals surface area (Å²) in [6.07, 6.45) is 43.0. The molecule has 0 saturated carbocycles. The predicted octanol–water partition coefficient (Wildman–Crippen LogP) is 9.86. The molecule has 36 heavy (non-hydrogen) atoms. The van der Waals surface area contributed by atoms with Crippen molar-refractivity contribution in [3.8, 4) is 0 Å². The van der Waals surface area contributed by atoms with Crippen LogP contribution in [-0.2, 0) is 4.74 Å². The van der Waals surface area contributed by atoms with Crippen LogP contribution in [0.1, 0.15) is 208 Å². The summed E-state index contributed by atoms with van der Waals surface area (Å²) in [6, 6.07) is 0. The van der Waals surface area contributed by atoms with Gasteiger partial charge in [0.05, 0.1) is 0 Å². The monoisotopic (exact) mass is 519 g/mol. The summed E-state index contributed by atoms with van der Waals surface area (Å²) in [5.41, 5.74) is 0. The number of hydrogen-bond donors (Lipinski definition) is 0. The van der Waals surface area contributed by atoms with Crippen LogP contribution in [0, 0.1) is 0 Å². The number of ether oxygens (including phenoxy) is 1. The Morgan fingerprint density at radius 3 is 0.639 bits per heavy atom. The van der Waals surface area contributed by atoms with Crippen LogP contribution in [0.5, 0.6) is 0 Å². The van der Waals surface area contributed by atoms with Crippen molar-refractivity contribution in [1.82, 2.24) is 0 Å². The van der Waals surface area contributed by atoms with Crippen LogP contribution in [-0.4, -0.2) is 13.2 Å². The molecule has 0 rings (SSSR count). The Bertz CT molecular complexity index is 321. The summed E-state index contributed by atoms with van der Waals surface area (Å²) in [5, 5.41) is 0. The third-order valence-electron chi connectivity index (χ3n) is 7.78. The van der Waals surface area contributed by atoms with E-state index in [4.69, 9.17) is 4.74 Å². The molecule has 0 unspecified atom stereocenters. The number of hydrogen-bond acceptors (Lipinski definition) is 1. The second-order valence-corrected chi connectivity index (χ2v) is 11.5. The SMILES string of the molecule is CCCCCCCCCCCCCCCCCCOCCCCCCCCCCCCCCCC.[H-].[Na+]. The van der Waals surface area contributed by atoms with Gasteiger partial charge in [-0.25, -0.2) is 0 Å². The minimum absolute atomic E-state index is 0. The molecule has 0 bridgehead atoms. The van der Waals surface area contributed by atoms with E-state index in [0.717, 1.165) is 13.2 Å². The van der Waals surface area contributed by atoms with Gasteiger partial charge in [0.1, 0.15) is 0 Å². The van der Waals surface area contributed by atoms with Crippen molar-refractivity contribution in [2.24, 2.45) is 0 Å². The van der Waals surface area contributed by atoms with E-state index >= 15 is 0 Å². The van der Waals surface area contributed by atoms with Gasteiger partial charge in [-0.15, -0.1) is 0 Å². The van der Waals surface area contributed by atoms with Crippen LogP contribution in [0.15, 0.2) is 0 Å². The molecule has 0 aliphatic rings. The summed E-state index contributed by atoms with van der Waals surface area (Å²) in [4.78, 5) is 0. The van der Waals surface area contributed by atoms with E-state index in [1.807, 2.05) is 0 Å². The first-order valence-corrected chi connectivity index (χ1v) is 17.0. The van der Waals surface area contributed by atoms with Gasteiger partial charge < -0.3 is 6.16 Å². The topological polar surface area (TPSA) is 9.23 Å². The van der Waals surface area contributed by atoms with Gasteiger partial charge in [-0.3, -0.25) is 0 Å². The Morgan fingerprint density at radius 2 is 0.444 bits per heavy atom. The van der Waals surface area contributed by atoms with Crippen molar-refractivity contribution < 1.29 is 35.7 Å². The molecule has 0 saturated heterocycles. The van der Waals surface area contributed by atoms with E-state index < -0.39 is 0 Å². The zero-order valence-electron chi connectivity index (χ0n) is 27.0. The first-order valence-electron chi connectivity index (χ1n) is 17.0. The Labute approximate surface area is 254 Å². The molecule has 0 aliphatic carbocycles. The van der Waals surface area contributed by atoms with Crippen molar-refractivity contribution >= 4 is 0 Å². The maximum absolute atomic E-state index is 5.86. The molecule has 0 N–H and O–H groups in total. The van der Waals surface area contributed by atoms with Gasteiger partial charge in [0.2, 0.25) is 0 Å². The van der Waals surface area contributed by atoms with Crippen LogP contribution in [0.4, 0.5) is 0 Å². The molecule has 0 amide bonds. The quantitative estimate of drug-likeness (QED) is 0.0636. The molecule has 0 heterocycles. The van der Waals surface area contributed by atoms with E-state index in [1.165, 1.54) is 193 Å². The van der Waals surface area contributed by atoms with Gasteiger partial charge in [-0.05, 0) is 12.8 Å². The van der Waals surface area contributed by atoms with Gasteiger partial charge in [-0.1, -0.05) is 194 Å². The van der Waals surface area contributed by atoms with Gasteiger partial charge in [-0.2, -0.15) is 0 Å². The molecule has 1 nitrogen and oxygen atoms in total. The molecule has 0 aromatic carbocycles. The largest absolute Gasteiger partial charge is 1.00 e. The minimum Gasteiger partial charge on any atom is -1.00 e. The third-order valence-corrected chi connectivity index (χ3v) is 7.78. The fraction of sp³-hybridized carbons (Fsp3) is 1.00. The fourth-order valence-electron chi connectivity index (χ4n) is 5.25. The number of rotatable bonds is 32. The molecular weight excluding hydrogens is 447 g/mol. The summed E-state index contributed by atoms with van der Waals surface area (Å²) in [5.74, 6) is 0. The first-order chi connectivity index (χ1) is 17.4. The average molecular weight is 519 g/mol. The second-order valence-electron chi connectivity index (χ2n) is 11.5.